The third-order valence-electron chi connectivity index (χ3n) is 7.03. The maximum absolute atomic E-state index is 11.2. The minimum absolute atomic E-state index is 0.419. The van der Waals surface area contributed by atoms with Gasteiger partial charge in [0.2, 0.25) is 5.88 Å². The van der Waals surface area contributed by atoms with Crippen molar-refractivity contribution >= 4 is 23.1 Å². The third-order valence-corrected chi connectivity index (χ3v) is 7.29. The molecule has 5 rings (SSSR count). The molecular formula is C29H29ClN2O5. The first-order valence-corrected chi connectivity index (χ1v) is 12.8. The van der Waals surface area contributed by atoms with Crippen LogP contribution < -0.4 is 9.47 Å². The van der Waals surface area contributed by atoms with E-state index in [0.717, 1.165) is 48.3 Å². The maximum atomic E-state index is 11.2. The van der Waals surface area contributed by atoms with Gasteiger partial charge in [0.05, 0.1) is 5.60 Å². The number of hydrogen-bond donors (Lipinski definition) is 2. The van der Waals surface area contributed by atoms with Gasteiger partial charge in [-0.2, -0.15) is 0 Å². The second-order valence-electron chi connectivity index (χ2n) is 9.45. The summed E-state index contributed by atoms with van der Waals surface area (Å²) >= 11 is 6.01. The van der Waals surface area contributed by atoms with Gasteiger partial charge in [0.25, 0.3) is 0 Å². The summed E-state index contributed by atoms with van der Waals surface area (Å²) < 4.78 is 11.7. The summed E-state index contributed by atoms with van der Waals surface area (Å²) in [5.41, 5.74) is 2.88. The van der Waals surface area contributed by atoms with Gasteiger partial charge in [0.15, 0.2) is 6.61 Å². The first-order valence-electron chi connectivity index (χ1n) is 12.4. The van der Waals surface area contributed by atoms with Crippen molar-refractivity contribution in [2.75, 3.05) is 26.2 Å². The van der Waals surface area contributed by atoms with E-state index in [1.165, 1.54) is 0 Å². The Hall–Kier alpha value is -3.39. The minimum Gasteiger partial charge on any atom is -0.481 e. The number of halogens is 1. The van der Waals surface area contributed by atoms with Gasteiger partial charge >= 0.3 is 5.97 Å². The van der Waals surface area contributed by atoms with E-state index in [9.17, 15) is 9.90 Å². The van der Waals surface area contributed by atoms with Crippen LogP contribution in [0.5, 0.6) is 17.4 Å². The van der Waals surface area contributed by atoms with Crippen LogP contribution in [0.2, 0.25) is 5.02 Å². The molecule has 0 atom stereocenters. The molecule has 2 N–H and O–H groups in total. The number of piperidine rings is 1. The van der Waals surface area contributed by atoms with Crippen LogP contribution in [0.3, 0.4) is 0 Å². The second kappa shape index (κ2) is 10.9. The van der Waals surface area contributed by atoms with Gasteiger partial charge in [0, 0.05) is 48.4 Å². The molecule has 8 heteroatoms. The Bertz CT molecular complexity index is 1300. The van der Waals surface area contributed by atoms with Gasteiger partial charge in [0.1, 0.15) is 11.5 Å². The number of hydrogen-bond acceptors (Lipinski definition) is 6. The lowest BCUT2D eigenvalue weighted by atomic mass is 9.84. The zero-order valence-electron chi connectivity index (χ0n) is 20.4. The summed E-state index contributed by atoms with van der Waals surface area (Å²) in [5.74, 6) is 0.603. The van der Waals surface area contributed by atoms with E-state index in [2.05, 4.69) is 16.0 Å². The highest BCUT2D eigenvalue weighted by Crippen LogP contribution is 2.41. The smallest absolute Gasteiger partial charge is 0.341 e. The average molecular weight is 521 g/mol. The Labute approximate surface area is 220 Å². The number of pyridine rings is 1. The Kier molecular flexibility index (Phi) is 7.46. The molecular weight excluding hydrogens is 492 g/mol. The quantitative estimate of drug-likeness (QED) is 0.436. The molecule has 0 unspecified atom stereocenters. The van der Waals surface area contributed by atoms with Crippen LogP contribution in [-0.2, 0) is 16.8 Å². The molecule has 37 heavy (non-hydrogen) atoms. The van der Waals surface area contributed by atoms with Crippen LogP contribution in [-0.4, -0.2) is 52.3 Å². The maximum Gasteiger partial charge on any atom is 0.341 e. The van der Waals surface area contributed by atoms with Gasteiger partial charge in [-0.1, -0.05) is 35.9 Å². The van der Waals surface area contributed by atoms with Crippen LogP contribution in [0, 0.1) is 0 Å². The Morgan fingerprint density at radius 2 is 1.92 bits per heavy atom. The Morgan fingerprint density at radius 3 is 2.68 bits per heavy atom. The van der Waals surface area contributed by atoms with Gasteiger partial charge in [-0.25, -0.2) is 9.78 Å². The molecule has 0 amide bonds. The SMILES string of the molecule is O=C(O)COc1cccc2c1C/C(=C/CCN1CCC(O)(c3ccc(Cl)cc3)CC1)c1cccnc1O2. The molecule has 7 nitrogen and oxygen atoms in total. The largest absolute Gasteiger partial charge is 0.481 e. The fourth-order valence-corrected chi connectivity index (χ4v) is 5.12. The van der Waals surface area contributed by atoms with Gasteiger partial charge in [-0.05, 0) is 66.8 Å². The fourth-order valence-electron chi connectivity index (χ4n) is 5.00. The predicted molar refractivity (Wildman–Crippen MR) is 141 cm³/mol. The summed E-state index contributed by atoms with van der Waals surface area (Å²) in [6, 6.07) is 16.7. The van der Waals surface area contributed by atoms with E-state index in [-0.39, 0.29) is 0 Å². The zero-order chi connectivity index (χ0) is 25.8. The normalized spacial score (nSPS) is 17.8. The molecule has 0 bridgehead atoms. The number of aliphatic hydroxyl groups is 1. The number of carboxylic acids is 1. The number of allylic oxidation sites excluding steroid dienone is 1. The number of benzene rings is 2. The molecule has 0 saturated carbocycles. The molecule has 0 spiro atoms. The van der Waals surface area contributed by atoms with Crippen LogP contribution in [0.25, 0.3) is 5.57 Å². The van der Waals surface area contributed by atoms with E-state index in [1.54, 1.807) is 18.3 Å². The fraction of sp³-hybridized carbons (Fsp3) is 0.310. The lowest BCUT2D eigenvalue weighted by Crippen LogP contribution is -2.42. The highest BCUT2D eigenvalue weighted by Gasteiger charge is 2.33. The number of likely N-dealkylation sites (tertiary alicyclic amines) is 1. The van der Waals surface area contributed by atoms with Gasteiger partial charge in [-0.3, -0.25) is 0 Å². The Morgan fingerprint density at radius 1 is 1.14 bits per heavy atom. The third kappa shape index (κ3) is 5.80. The number of fused-ring (bicyclic) bond motifs is 2. The van der Waals surface area contributed by atoms with Gasteiger partial charge < -0.3 is 24.6 Å². The molecule has 0 radical (unpaired) electrons. The van der Waals surface area contributed by atoms with Crippen molar-refractivity contribution in [3.8, 4) is 17.4 Å². The molecule has 3 aromatic rings. The lowest BCUT2D eigenvalue weighted by Gasteiger charge is -2.38. The van der Waals surface area contributed by atoms with E-state index >= 15 is 0 Å². The number of carboxylic acid groups (broad SMARTS) is 1. The van der Waals surface area contributed by atoms with E-state index < -0.39 is 18.2 Å². The number of rotatable bonds is 7. The molecule has 2 aromatic carbocycles. The van der Waals surface area contributed by atoms with Crippen LogP contribution in [0.4, 0.5) is 0 Å². The predicted octanol–water partition coefficient (Wildman–Crippen LogP) is 5.30. The topological polar surface area (TPSA) is 92.1 Å². The molecule has 1 saturated heterocycles. The number of aliphatic carboxylic acids is 1. The number of carbonyl (C=O) groups is 1. The van der Waals surface area contributed by atoms with E-state index in [1.807, 2.05) is 42.5 Å². The number of aromatic nitrogens is 1. The van der Waals surface area contributed by atoms with Crippen LogP contribution in [0.15, 0.2) is 66.9 Å². The summed E-state index contributed by atoms with van der Waals surface area (Å²) in [6.07, 6.45) is 6.60. The second-order valence-corrected chi connectivity index (χ2v) is 9.88. The lowest BCUT2D eigenvalue weighted by molar-refractivity contribution is -0.139. The molecule has 1 aromatic heterocycles. The highest BCUT2D eigenvalue weighted by molar-refractivity contribution is 6.30. The monoisotopic (exact) mass is 520 g/mol. The number of ether oxygens (including phenoxy) is 2. The zero-order valence-corrected chi connectivity index (χ0v) is 21.2. The van der Waals surface area contributed by atoms with Crippen LogP contribution >= 0.6 is 11.6 Å². The summed E-state index contributed by atoms with van der Waals surface area (Å²) in [4.78, 5) is 17.9. The molecule has 3 heterocycles. The molecule has 1 fully saturated rings. The van der Waals surface area contributed by atoms with Gasteiger partial charge in [-0.15, -0.1) is 0 Å². The first-order chi connectivity index (χ1) is 17.9. The number of nitrogens with zero attached hydrogens (tertiary/aromatic N) is 2. The van der Waals surface area contributed by atoms with Crippen molar-refractivity contribution in [2.24, 2.45) is 0 Å². The summed E-state index contributed by atoms with van der Waals surface area (Å²) in [6.45, 7) is 2.05. The standard InChI is InChI=1S/C29H29ClN2O5/c30-22-10-8-21(9-11-22)29(35)12-16-32(17-13-29)15-3-4-20-18-24-25(36-19-27(33)34)6-1-7-26(24)37-28-23(20)5-2-14-31-28/h1-2,4-11,14,35H,3,12-13,15-19H2,(H,33,34)/b20-4-. The van der Waals surface area contributed by atoms with E-state index in [4.69, 9.17) is 26.2 Å². The molecule has 2 aliphatic rings. The van der Waals surface area contributed by atoms with E-state index in [0.29, 0.717) is 41.7 Å². The van der Waals surface area contributed by atoms with Crippen molar-refractivity contribution in [1.29, 1.82) is 0 Å². The molecule has 192 valence electrons. The van der Waals surface area contributed by atoms with Crippen LogP contribution in [0.1, 0.15) is 36.0 Å². The minimum atomic E-state index is -1.03. The summed E-state index contributed by atoms with van der Waals surface area (Å²) in [7, 11) is 0. The summed E-state index contributed by atoms with van der Waals surface area (Å²) in [5, 5.41) is 20.9. The molecule has 0 aliphatic carbocycles. The van der Waals surface area contributed by atoms with Crippen molar-refractivity contribution < 1.29 is 24.5 Å². The van der Waals surface area contributed by atoms with Crippen molar-refractivity contribution in [3.05, 3.63) is 88.6 Å². The molecule has 2 aliphatic heterocycles. The average Bonchev–Trinajstić information content (AvgIpc) is 3.06. The van der Waals surface area contributed by atoms with Crippen molar-refractivity contribution in [3.63, 3.8) is 0 Å². The Balaban J connectivity index is 1.29. The van der Waals surface area contributed by atoms with Crippen molar-refractivity contribution in [2.45, 2.75) is 31.3 Å². The highest BCUT2D eigenvalue weighted by atomic mass is 35.5. The van der Waals surface area contributed by atoms with Crippen molar-refractivity contribution in [1.82, 2.24) is 9.88 Å². The first kappa shape index (κ1) is 25.3.